The molecule has 3 N–H and O–H groups in total. The number of nitrogens with two attached hydrogens (primary N) is 1. The summed E-state index contributed by atoms with van der Waals surface area (Å²) < 4.78 is 21.2. The Morgan fingerprint density at radius 2 is 2.00 bits per heavy atom. The second-order valence-electron chi connectivity index (χ2n) is 9.07. The highest BCUT2D eigenvalue weighted by Gasteiger charge is 2.43. The van der Waals surface area contributed by atoms with E-state index in [-0.39, 0.29) is 11.7 Å². The Labute approximate surface area is 209 Å². The SMILES string of the molecule is COc1cc(C2(N(C)C)N=C(N)C3=C(N2)C(c2ccc(F)cc2)CCC3)ccc1-n1cnc(Cl)c1. The third kappa shape index (κ3) is 4.06. The zero-order chi connectivity index (χ0) is 24.7. The number of nitrogens with zero attached hydrogens (tertiary/aromatic N) is 4. The van der Waals surface area contributed by atoms with E-state index in [1.54, 1.807) is 19.6 Å². The molecule has 0 saturated heterocycles. The lowest BCUT2D eigenvalue weighted by molar-refractivity contribution is 0.122. The van der Waals surface area contributed by atoms with Gasteiger partial charge in [0.25, 0.3) is 0 Å². The number of nitrogens with one attached hydrogen (secondary N) is 1. The highest BCUT2D eigenvalue weighted by molar-refractivity contribution is 6.29. The maximum Gasteiger partial charge on any atom is 0.215 e. The van der Waals surface area contributed by atoms with Gasteiger partial charge in [-0.25, -0.2) is 14.4 Å². The number of methoxy groups -OCH3 is 1. The molecule has 0 amide bonds. The minimum Gasteiger partial charge on any atom is -0.495 e. The third-order valence-electron chi connectivity index (χ3n) is 6.82. The molecule has 5 rings (SSSR count). The monoisotopic (exact) mass is 494 g/mol. The molecule has 2 aromatic carbocycles. The molecule has 0 spiro atoms. The van der Waals surface area contributed by atoms with E-state index in [1.807, 2.05) is 53.9 Å². The lowest BCUT2D eigenvalue weighted by Gasteiger charge is -2.45. The maximum atomic E-state index is 13.6. The summed E-state index contributed by atoms with van der Waals surface area (Å²) in [6.45, 7) is 0. The number of hydrogen-bond donors (Lipinski definition) is 2. The van der Waals surface area contributed by atoms with Gasteiger partial charge in [0.1, 0.15) is 28.9 Å². The Hall–Kier alpha value is -3.36. The molecule has 182 valence electrons. The minimum atomic E-state index is -0.947. The molecule has 1 aromatic heterocycles. The van der Waals surface area contributed by atoms with Gasteiger partial charge >= 0.3 is 0 Å². The van der Waals surface area contributed by atoms with Crippen molar-refractivity contribution in [1.82, 2.24) is 19.8 Å². The van der Waals surface area contributed by atoms with Crippen molar-refractivity contribution >= 4 is 17.4 Å². The molecular weight excluding hydrogens is 467 g/mol. The third-order valence-corrected chi connectivity index (χ3v) is 7.02. The van der Waals surface area contributed by atoms with Crippen molar-refractivity contribution in [2.45, 2.75) is 31.0 Å². The highest BCUT2D eigenvalue weighted by atomic mass is 35.5. The van der Waals surface area contributed by atoms with Gasteiger partial charge < -0.3 is 20.4 Å². The lowest BCUT2D eigenvalue weighted by Crippen LogP contribution is -2.56. The number of hydrogen-bond acceptors (Lipinski definition) is 6. The number of aliphatic imine (C=N–C) groups is 1. The van der Waals surface area contributed by atoms with Gasteiger partial charge in [-0.05, 0) is 63.2 Å². The molecular formula is C26H28ClFN6O. The van der Waals surface area contributed by atoms with Crippen molar-refractivity contribution in [2.75, 3.05) is 21.2 Å². The number of amidine groups is 1. The molecule has 2 aliphatic rings. The first-order chi connectivity index (χ1) is 16.8. The number of benzene rings is 2. The van der Waals surface area contributed by atoms with Gasteiger partial charge in [-0.2, -0.15) is 0 Å². The van der Waals surface area contributed by atoms with Crippen molar-refractivity contribution < 1.29 is 9.13 Å². The molecule has 35 heavy (non-hydrogen) atoms. The van der Waals surface area contributed by atoms with Crippen LogP contribution in [0.2, 0.25) is 5.15 Å². The van der Waals surface area contributed by atoms with Crippen molar-refractivity contribution in [3.8, 4) is 11.4 Å². The van der Waals surface area contributed by atoms with Gasteiger partial charge in [0.2, 0.25) is 5.79 Å². The molecule has 9 heteroatoms. The van der Waals surface area contributed by atoms with E-state index < -0.39 is 5.79 Å². The van der Waals surface area contributed by atoms with Crippen LogP contribution in [0.4, 0.5) is 4.39 Å². The van der Waals surface area contributed by atoms with Crippen LogP contribution in [0.3, 0.4) is 0 Å². The maximum absolute atomic E-state index is 13.6. The molecule has 2 unspecified atom stereocenters. The standard InChI is InChI=1S/C26H28ClFN6O/c1-33(2)26(17-9-12-21(22(13-17)35-3)34-14-23(27)30-15-34)31-24-19(16-7-10-18(28)11-8-16)5-4-6-20(24)25(29)32-26/h7-15,19,31H,4-6H2,1-3H3,(H2,29,32). The average Bonchev–Trinajstić information content (AvgIpc) is 3.29. The topological polar surface area (TPSA) is 80.7 Å². The molecule has 2 heterocycles. The van der Waals surface area contributed by atoms with Gasteiger partial charge in [0, 0.05) is 28.9 Å². The number of imidazole rings is 1. The molecule has 1 aliphatic heterocycles. The normalized spacial score (nSPS) is 22.0. The number of allylic oxidation sites excluding steroid dienone is 1. The fourth-order valence-corrected chi connectivity index (χ4v) is 5.18. The summed E-state index contributed by atoms with van der Waals surface area (Å²) in [5.41, 5.74) is 11.4. The summed E-state index contributed by atoms with van der Waals surface area (Å²) in [5.74, 6) is 0.0414. The fourth-order valence-electron chi connectivity index (χ4n) is 5.03. The summed E-state index contributed by atoms with van der Waals surface area (Å²) in [7, 11) is 5.55. The zero-order valence-corrected chi connectivity index (χ0v) is 20.7. The Kier molecular flexibility index (Phi) is 6.02. The molecule has 3 aromatic rings. The molecule has 7 nitrogen and oxygen atoms in total. The fraction of sp³-hybridized carbons (Fsp3) is 0.308. The number of rotatable bonds is 5. The van der Waals surface area contributed by atoms with Crippen LogP contribution >= 0.6 is 11.6 Å². The van der Waals surface area contributed by atoms with Crippen LogP contribution in [0.5, 0.6) is 5.75 Å². The van der Waals surface area contributed by atoms with Crippen LogP contribution in [0.25, 0.3) is 5.69 Å². The molecule has 0 radical (unpaired) electrons. The second kappa shape index (κ2) is 9.02. The summed E-state index contributed by atoms with van der Waals surface area (Å²) in [6.07, 6.45) is 6.15. The van der Waals surface area contributed by atoms with Crippen LogP contribution in [-0.2, 0) is 5.79 Å². The average molecular weight is 495 g/mol. The number of aromatic nitrogens is 2. The van der Waals surface area contributed by atoms with Gasteiger partial charge in [0.05, 0.1) is 12.8 Å². The largest absolute Gasteiger partial charge is 0.495 e. The van der Waals surface area contributed by atoms with E-state index in [4.69, 9.17) is 27.1 Å². The summed E-state index contributed by atoms with van der Waals surface area (Å²) in [4.78, 5) is 11.1. The van der Waals surface area contributed by atoms with E-state index >= 15 is 0 Å². The van der Waals surface area contributed by atoms with E-state index in [1.165, 1.54) is 12.1 Å². The number of halogens is 2. The summed E-state index contributed by atoms with van der Waals surface area (Å²) in [6, 6.07) is 12.6. The lowest BCUT2D eigenvalue weighted by atomic mass is 9.80. The number of ether oxygens (including phenoxy) is 1. The molecule has 1 aliphatic carbocycles. The van der Waals surface area contributed by atoms with Crippen molar-refractivity contribution in [1.29, 1.82) is 0 Å². The van der Waals surface area contributed by atoms with E-state index in [0.717, 1.165) is 47.3 Å². The zero-order valence-electron chi connectivity index (χ0n) is 19.9. The van der Waals surface area contributed by atoms with Crippen LogP contribution in [-0.4, -0.2) is 41.5 Å². The van der Waals surface area contributed by atoms with Crippen molar-refractivity contribution in [3.05, 3.63) is 88.4 Å². The van der Waals surface area contributed by atoms with Gasteiger partial charge in [-0.3, -0.25) is 4.90 Å². The van der Waals surface area contributed by atoms with Gasteiger partial charge in [0.15, 0.2) is 0 Å². The Bertz CT molecular complexity index is 1320. The summed E-state index contributed by atoms with van der Waals surface area (Å²) >= 11 is 6.03. The predicted octanol–water partition coefficient (Wildman–Crippen LogP) is 4.53. The smallest absolute Gasteiger partial charge is 0.215 e. The van der Waals surface area contributed by atoms with Crippen LogP contribution in [0.15, 0.2) is 71.3 Å². The molecule has 0 fully saturated rings. The first-order valence-electron chi connectivity index (χ1n) is 11.5. The van der Waals surface area contributed by atoms with Crippen LogP contribution in [0.1, 0.15) is 36.3 Å². The van der Waals surface area contributed by atoms with E-state index in [2.05, 4.69) is 10.3 Å². The Morgan fingerprint density at radius 3 is 2.66 bits per heavy atom. The summed E-state index contributed by atoms with van der Waals surface area (Å²) in [5, 5.41) is 4.14. The van der Waals surface area contributed by atoms with Crippen LogP contribution in [0, 0.1) is 5.82 Å². The van der Waals surface area contributed by atoms with Crippen LogP contribution < -0.4 is 15.8 Å². The first kappa shape index (κ1) is 23.4. The highest BCUT2D eigenvalue weighted by Crippen LogP contribution is 2.43. The van der Waals surface area contributed by atoms with E-state index in [0.29, 0.717) is 16.7 Å². The quantitative estimate of drug-likeness (QED) is 0.544. The molecule has 0 bridgehead atoms. The predicted molar refractivity (Wildman–Crippen MR) is 135 cm³/mol. The molecule has 0 saturated carbocycles. The second-order valence-corrected chi connectivity index (χ2v) is 9.45. The van der Waals surface area contributed by atoms with Crippen molar-refractivity contribution in [3.63, 3.8) is 0 Å². The first-order valence-corrected chi connectivity index (χ1v) is 11.9. The van der Waals surface area contributed by atoms with E-state index in [9.17, 15) is 4.39 Å². The Morgan fingerprint density at radius 1 is 1.23 bits per heavy atom. The van der Waals surface area contributed by atoms with Crippen molar-refractivity contribution in [2.24, 2.45) is 10.7 Å². The minimum absolute atomic E-state index is 0.0713. The van der Waals surface area contributed by atoms with Gasteiger partial charge in [-0.1, -0.05) is 29.8 Å². The Balaban J connectivity index is 1.60. The molecule has 2 atom stereocenters. The van der Waals surface area contributed by atoms with Gasteiger partial charge in [-0.15, -0.1) is 0 Å².